The van der Waals surface area contributed by atoms with Crippen molar-refractivity contribution in [1.82, 2.24) is 25.5 Å². The van der Waals surface area contributed by atoms with Gasteiger partial charge in [-0.1, -0.05) is 29.4 Å². The SMILES string of the molecule is CNC(=O)c1ccc(NC(=O)CSc2nnnn2-c2cccc(Cl)c2)cc1. The van der Waals surface area contributed by atoms with E-state index < -0.39 is 0 Å². The Morgan fingerprint density at radius 1 is 1.19 bits per heavy atom. The van der Waals surface area contributed by atoms with E-state index >= 15 is 0 Å². The van der Waals surface area contributed by atoms with Crippen LogP contribution in [0.1, 0.15) is 10.4 Å². The number of tetrazole rings is 1. The summed E-state index contributed by atoms with van der Waals surface area (Å²) in [4.78, 5) is 23.7. The van der Waals surface area contributed by atoms with Gasteiger partial charge in [-0.2, -0.15) is 4.68 Å². The summed E-state index contributed by atoms with van der Waals surface area (Å²) in [5.41, 5.74) is 1.83. The molecule has 10 heteroatoms. The van der Waals surface area contributed by atoms with Crippen LogP contribution in [0.25, 0.3) is 5.69 Å². The third-order valence-electron chi connectivity index (χ3n) is 3.48. The monoisotopic (exact) mass is 402 g/mol. The van der Waals surface area contributed by atoms with Gasteiger partial charge in [-0.3, -0.25) is 9.59 Å². The molecule has 0 unspecified atom stereocenters. The number of aromatic nitrogens is 4. The molecule has 2 N–H and O–H groups in total. The molecule has 0 saturated carbocycles. The summed E-state index contributed by atoms with van der Waals surface area (Å²) in [6.45, 7) is 0. The zero-order chi connectivity index (χ0) is 19.2. The van der Waals surface area contributed by atoms with Crippen molar-refractivity contribution in [2.24, 2.45) is 0 Å². The molecule has 0 bridgehead atoms. The second-order valence-electron chi connectivity index (χ2n) is 5.35. The lowest BCUT2D eigenvalue weighted by molar-refractivity contribution is -0.113. The molecule has 0 radical (unpaired) electrons. The number of nitrogens with zero attached hydrogens (tertiary/aromatic N) is 4. The molecule has 138 valence electrons. The molecule has 0 atom stereocenters. The van der Waals surface area contributed by atoms with Crippen LogP contribution in [0.4, 0.5) is 5.69 Å². The van der Waals surface area contributed by atoms with Crippen molar-refractivity contribution in [2.75, 3.05) is 18.1 Å². The van der Waals surface area contributed by atoms with E-state index in [9.17, 15) is 9.59 Å². The van der Waals surface area contributed by atoms with E-state index in [1.54, 1.807) is 49.5 Å². The molecule has 0 aliphatic rings. The number of amides is 2. The van der Waals surface area contributed by atoms with E-state index in [-0.39, 0.29) is 17.6 Å². The van der Waals surface area contributed by atoms with Gasteiger partial charge < -0.3 is 10.6 Å². The Labute approximate surface area is 164 Å². The highest BCUT2D eigenvalue weighted by atomic mass is 35.5. The molecule has 0 spiro atoms. The average molecular weight is 403 g/mol. The quantitative estimate of drug-likeness (QED) is 0.614. The fourth-order valence-electron chi connectivity index (χ4n) is 2.22. The molecule has 8 nitrogen and oxygen atoms in total. The smallest absolute Gasteiger partial charge is 0.251 e. The number of hydrogen-bond donors (Lipinski definition) is 2. The maximum Gasteiger partial charge on any atom is 0.251 e. The standard InChI is InChI=1S/C17H15ClN6O2S/c1-19-16(26)11-5-7-13(8-6-11)20-15(25)10-27-17-21-22-23-24(17)14-4-2-3-12(18)9-14/h2-9H,10H2,1H3,(H,19,26)(H,20,25). The molecule has 1 heterocycles. The average Bonchev–Trinajstić information content (AvgIpc) is 3.15. The molecule has 1 aromatic heterocycles. The highest BCUT2D eigenvalue weighted by Gasteiger charge is 2.12. The lowest BCUT2D eigenvalue weighted by Crippen LogP contribution is -2.18. The summed E-state index contributed by atoms with van der Waals surface area (Å²) in [6.07, 6.45) is 0. The Morgan fingerprint density at radius 3 is 2.67 bits per heavy atom. The Balaban J connectivity index is 1.60. The van der Waals surface area contributed by atoms with Gasteiger partial charge in [-0.15, -0.1) is 5.10 Å². The van der Waals surface area contributed by atoms with Crippen LogP contribution in [-0.4, -0.2) is 44.8 Å². The normalized spacial score (nSPS) is 10.4. The highest BCUT2D eigenvalue weighted by Crippen LogP contribution is 2.20. The second kappa shape index (κ2) is 8.65. The Bertz CT molecular complexity index is 960. The van der Waals surface area contributed by atoms with Gasteiger partial charge in [0.2, 0.25) is 11.1 Å². The fraction of sp³-hybridized carbons (Fsp3) is 0.118. The summed E-state index contributed by atoms with van der Waals surface area (Å²) >= 11 is 7.19. The number of anilines is 1. The topological polar surface area (TPSA) is 102 Å². The third-order valence-corrected chi connectivity index (χ3v) is 4.64. The van der Waals surface area contributed by atoms with Crippen LogP contribution in [0.2, 0.25) is 5.02 Å². The lowest BCUT2D eigenvalue weighted by Gasteiger charge is -2.07. The Morgan fingerprint density at radius 2 is 1.96 bits per heavy atom. The number of rotatable bonds is 6. The van der Waals surface area contributed by atoms with Crippen LogP contribution < -0.4 is 10.6 Å². The van der Waals surface area contributed by atoms with Gasteiger partial charge in [0, 0.05) is 23.3 Å². The van der Waals surface area contributed by atoms with Gasteiger partial charge in [-0.25, -0.2) is 0 Å². The zero-order valence-electron chi connectivity index (χ0n) is 14.2. The van der Waals surface area contributed by atoms with Gasteiger partial charge in [0.05, 0.1) is 11.4 Å². The molecule has 3 aromatic rings. The summed E-state index contributed by atoms with van der Waals surface area (Å²) < 4.78 is 1.52. The molecule has 0 aliphatic carbocycles. The lowest BCUT2D eigenvalue weighted by atomic mass is 10.2. The van der Waals surface area contributed by atoms with Crippen LogP contribution in [0, 0.1) is 0 Å². The van der Waals surface area contributed by atoms with Crippen LogP contribution in [0.3, 0.4) is 0 Å². The van der Waals surface area contributed by atoms with Gasteiger partial charge in [-0.05, 0) is 52.9 Å². The van der Waals surface area contributed by atoms with E-state index in [1.807, 2.05) is 6.07 Å². The number of halogens is 1. The number of thioether (sulfide) groups is 1. The Kier molecular flexibility index (Phi) is 6.05. The first kappa shape index (κ1) is 18.9. The maximum absolute atomic E-state index is 12.2. The third kappa shape index (κ3) is 4.83. The molecular formula is C17H15ClN6O2S. The first-order valence-corrected chi connectivity index (χ1v) is 9.22. The van der Waals surface area contributed by atoms with Crippen LogP contribution in [0.15, 0.2) is 53.7 Å². The van der Waals surface area contributed by atoms with Crippen LogP contribution in [-0.2, 0) is 4.79 Å². The molecule has 2 aromatic carbocycles. The maximum atomic E-state index is 12.2. The molecule has 3 rings (SSSR count). The number of carbonyl (C=O) groups excluding carboxylic acids is 2. The largest absolute Gasteiger partial charge is 0.355 e. The van der Waals surface area contributed by atoms with E-state index in [0.717, 1.165) is 0 Å². The molecule has 0 aliphatic heterocycles. The van der Waals surface area contributed by atoms with E-state index in [0.29, 0.717) is 27.1 Å². The second-order valence-corrected chi connectivity index (χ2v) is 6.73. The molecular weight excluding hydrogens is 388 g/mol. The van der Waals surface area contributed by atoms with E-state index in [1.165, 1.54) is 16.4 Å². The van der Waals surface area contributed by atoms with Gasteiger partial charge in [0.25, 0.3) is 5.91 Å². The fourth-order valence-corrected chi connectivity index (χ4v) is 3.09. The molecule has 0 saturated heterocycles. The van der Waals surface area contributed by atoms with Crippen molar-refractivity contribution < 1.29 is 9.59 Å². The zero-order valence-corrected chi connectivity index (χ0v) is 15.8. The first-order valence-electron chi connectivity index (χ1n) is 7.86. The van der Waals surface area contributed by atoms with Crippen molar-refractivity contribution in [2.45, 2.75) is 5.16 Å². The summed E-state index contributed by atoms with van der Waals surface area (Å²) in [7, 11) is 1.56. The van der Waals surface area contributed by atoms with Crippen molar-refractivity contribution in [1.29, 1.82) is 0 Å². The van der Waals surface area contributed by atoms with Gasteiger partial charge >= 0.3 is 0 Å². The number of hydrogen-bond acceptors (Lipinski definition) is 6. The molecule has 2 amide bonds. The molecule has 0 fully saturated rings. The minimum absolute atomic E-state index is 0.123. The summed E-state index contributed by atoms with van der Waals surface area (Å²) in [5.74, 6) is -0.275. The van der Waals surface area contributed by atoms with Gasteiger partial charge in [0.1, 0.15) is 0 Å². The number of nitrogens with one attached hydrogen (secondary N) is 2. The molecule has 27 heavy (non-hydrogen) atoms. The van der Waals surface area contributed by atoms with E-state index in [4.69, 9.17) is 11.6 Å². The predicted molar refractivity (Wildman–Crippen MR) is 103 cm³/mol. The first-order chi connectivity index (χ1) is 13.1. The van der Waals surface area contributed by atoms with Crippen molar-refractivity contribution >= 4 is 40.9 Å². The Hall–Kier alpha value is -2.91. The number of benzene rings is 2. The number of carbonyl (C=O) groups is 2. The predicted octanol–water partition coefficient (Wildman–Crippen LogP) is 2.41. The van der Waals surface area contributed by atoms with Crippen LogP contribution in [0.5, 0.6) is 0 Å². The summed E-state index contributed by atoms with van der Waals surface area (Å²) in [6, 6.07) is 13.7. The summed E-state index contributed by atoms with van der Waals surface area (Å²) in [5, 5.41) is 17.9. The van der Waals surface area contributed by atoms with Crippen LogP contribution >= 0.6 is 23.4 Å². The highest BCUT2D eigenvalue weighted by molar-refractivity contribution is 7.99. The van der Waals surface area contributed by atoms with Gasteiger partial charge in [0.15, 0.2) is 0 Å². The van der Waals surface area contributed by atoms with Crippen molar-refractivity contribution in [3.63, 3.8) is 0 Å². The van der Waals surface area contributed by atoms with Crippen molar-refractivity contribution in [3.8, 4) is 5.69 Å². The minimum Gasteiger partial charge on any atom is -0.355 e. The minimum atomic E-state index is -0.215. The van der Waals surface area contributed by atoms with Crippen molar-refractivity contribution in [3.05, 3.63) is 59.1 Å². The van der Waals surface area contributed by atoms with E-state index in [2.05, 4.69) is 26.2 Å².